The van der Waals surface area contributed by atoms with Gasteiger partial charge in [0, 0.05) is 18.2 Å². The lowest BCUT2D eigenvalue weighted by molar-refractivity contribution is -0.118. The quantitative estimate of drug-likeness (QED) is 0.718. The van der Waals surface area contributed by atoms with Crippen LogP contribution in [0.15, 0.2) is 47.4 Å². The van der Waals surface area contributed by atoms with E-state index in [2.05, 4.69) is 10.6 Å². The number of hydrogen-bond acceptors (Lipinski definition) is 5. The van der Waals surface area contributed by atoms with E-state index in [1.54, 1.807) is 12.1 Å². The summed E-state index contributed by atoms with van der Waals surface area (Å²) >= 11 is 0. The zero-order chi connectivity index (χ0) is 19.3. The number of rotatable bonds is 6. The number of amides is 1. The molecule has 4 N–H and O–H groups in total. The molecule has 7 nitrogen and oxygen atoms in total. The largest absolute Gasteiger partial charge is 0.380 e. The smallest absolute Gasteiger partial charge is 0.238 e. The summed E-state index contributed by atoms with van der Waals surface area (Å²) in [7, 11) is -3.85. The predicted molar refractivity (Wildman–Crippen MR) is 99.8 cm³/mol. The van der Waals surface area contributed by atoms with Crippen molar-refractivity contribution in [2.45, 2.75) is 25.3 Å². The minimum atomic E-state index is -3.85. The molecule has 0 spiro atoms. The van der Waals surface area contributed by atoms with Crippen LogP contribution in [0.3, 0.4) is 0 Å². The second-order valence-corrected chi connectivity index (χ2v) is 7.62. The van der Waals surface area contributed by atoms with Gasteiger partial charge in [0.1, 0.15) is 6.07 Å². The number of anilines is 2. The Morgan fingerprint density at radius 1 is 1.19 bits per heavy atom. The second-order valence-electron chi connectivity index (χ2n) is 6.06. The highest BCUT2D eigenvalue weighted by atomic mass is 32.2. The zero-order valence-electron chi connectivity index (χ0n) is 14.5. The predicted octanol–water partition coefficient (Wildman–Crippen LogP) is 2.41. The number of nitrogens with zero attached hydrogens (tertiary/aromatic N) is 1. The van der Waals surface area contributed by atoms with Crippen LogP contribution in [0, 0.1) is 17.2 Å². The molecule has 0 heterocycles. The number of carbonyl (C=O) groups excluding carboxylic acids is 1. The highest BCUT2D eigenvalue weighted by Crippen LogP contribution is 2.20. The fourth-order valence-electron chi connectivity index (χ4n) is 2.14. The van der Waals surface area contributed by atoms with Crippen molar-refractivity contribution in [1.82, 2.24) is 0 Å². The van der Waals surface area contributed by atoms with Crippen molar-refractivity contribution in [3.63, 3.8) is 0 Å². The molecule has 2 aromatic carbocycles. The molecule has 0 aliphatic heterocycles. The molecule has 26 heavy (non-hydrogen) atoms. The maximum Gasteiger partial charge on any atom is 0.238 e. The average Bonchev–Trinajstić information content (AvgIpc) is 2.60. The first-order chi connectivity index (χ1) is 12.2. The van der Waals surface area contributed by atoms with Gasteiger partial charge in [0.05, 0.1) is 16.1 Å². The number of nitriles is 1. The lowest BCUT2D eigenvalue weighted by atomic mass is 10.1. The second kappa shape index (κ2) is 7.99. The summed E-state index contributed by atoms with van der Waals surface area (Å²) in [6.45, 7) is 4.07. The van der Waals surface area contributed by atoms with E-state index in [0.29, 0.717) is 17.9 Å². The van der Waals surface area contributed by atoms with E-state index in [0.717, 1.165) is 5.56 Å². The maximum absolute atomic E-state index is 11.7. The van der Waals surface area contributed by atoms with E-state index in [4.69, 9.17) is 5.14 Å². The molecular weight excluding hydrogens is 352 g/mol. The number of primary sulfonamides is 1. The van der Waals surface area contributed by atoms with Gasteiger partial charge in [-0.05, 0) is 35.9 Å². The van der Waals surface area contributed by atoms with E-state index >= 15 is 0 Å². The van der Waals surface area contributed by atoms with Crippen molar-refractivity contribution in [3.8, 4) is 6.07 Å². The molecule has 0 saturated heterocycles. The van der Waals surface area contributed by atoms with Crippen molar-refractivity contribution in [2.24, 2.45) is 11.1 Å². The van der Waals surface area contributed by atoms with Gasteiger partial charge in [0.15, 0.2) is 0 Å². The molecule has 0 bridgehead atoms. The van der Waals surface area contributed by atoms with Gasteiger partial charge < -0.3 is 10.6 Å². The van der Waals surface area contributed by atoms with E-state index < -0.39 is 10.0 Å². The highest BCUT2D eigenvalue weighted by molar-refractivity contribution is 7.89. The van der Waals surface area contributed by atoms with Gasteiger partial charge in [-0.25, -0.2) is 13.6 Å². The summed E-state index contributed by atoms with van der Waals surface area (Å²) in [4.78, 5) is 11.6. The molecule has 0 saturated carbocycles. The minimum absolute atomic E-state index is 0.0514. The van der Waals surface area contributed by atoms with Crippen LogP contribution in [0.2, 0.25) is 0 Å². The third-order valence-electron chi connectivity index (χ3n) is 3.67. The Kier molecular flexibility index (Phi) is 5.97. The molecule has 2 aromatic rings. The van der Waals surface area contributed by atoms with Crippen molar-refractivity contribution < 1.29 is 13.2 Å². The monoisotopic (exact) mass is 372 g/mol. The number of nitrogens with two attached hydrogens (primary N) is 1. The summed E-state index contributed by atoms with van der Waals surface area (Å²) in [5.41, 5.74) is 2.35. The number of nitrogens with one attached hydrogen (secondary N) is 2. The molecule has 0 aliphatic rings. The summed E-state index contributed by atoms with van der Waals surface area (Å²) in [5, 5.41) is 20.2. The fourth-order valence-corrected chi connectivity index (χ4v) is 2.68. The van der Waals surface area contributed by atoms with Gasteiger partial charge in [-0.2, -0.15) is 5.26 Å². The summed E-state index contributed by atoms with van der Waals surface area (Å²) in [6.07, 6.45) is 0. The van der Waals surface area contributed by atoms with Crippen LogP contribution in [0.5, 0.6) is 0 Å². The molecule has 1 amide bonds. The van der Waals surface area contributed by atoms with Crippen LogP contribution in [0.1, 0.15) is 25.0 Å². The minimum Gasteiger partial charge on any atom is -0.380 e. The van der Waals surface area contributed by atoms with Crippen LogP contribution in [-0.2, 0) is 21.4 Å². The number of hydrogen-bond donors (Lipinski definition) is 3. The van der Waals surface area contributed by atoms with Crippen LogP contribution < -0.4 is 15.8 Å². The highest BCUT2D eigenvalue weighted by Gasteiger charge is 2.11. The Hall–Kier alpha value is -2.89. The summed E-state index contributed by atoms with van der Waals surface area (Å²) in [6, 6.07) is 13.4. The van der Waals surface area contributed by atoms with Crippen LogP contribution in [0.4, 0.5) is 11.4 Å². The molecule has 8 heteroatoms. The first-order valence-electron chi connectivity index (χ1n) is 7.91. The van der Waals surface area contributed by atoms with Gasteiger partial charge in [0.2, 0.25) is 15.9 Å². The van der Waals surface area contributed by atoms with Crippen molar-refractivity contribution in [3.05, 3.63) is 53.6 Å². The van der Waals surface area contributed by atoms with E-state index in [9.17, 15) is 18.5 Å². The third-order valence-corrected chi connectivity index (χ3v) is 4.58. The van der Waals surface area contributed by atoms with Crippen LogP contribution in [-0.4, -0.2) is 14.3 Å². The van der Waals surface area contributed by atoms with E-state index in [1.165, 1.54) is 18.2 Å². The molecule has 0 fully saturated rings. The van der Waals surface area contributed by atoms with Crippen LogP contribution >= 0.6 is 0 Å². The number of benzene rings is 2. The van der Waals surface area contributed by atoms with E-state index in [1.807, 2.05) is 32.0 Å². The first-order valence-corrected chi connectivity index (χ1v) is 9.46. The molecule has 0 aliphatic carbocycles. The molecule has 136 valence electrons. The SMILES string of the molecule is CC(C)C(=O)Nc1ccc(CNc2ccc(S(N)(=O)=O)cc2C#N)cc1. The van der Waals surface area contributed by atoms with Gasteiger partial charge in [-0.15, -0.1) is 0 Å². The Morgan fingerprint density at radius 2 is 1.85 bits per heavy atom. The van der Waals surface area contributed by atoms with Crippen molar-refractivity contribution in [1.29, 1.82) is 5.26 Å². The average molecular weight is 372 g/mol. The van der Waals surface area contributed by atoms with Gasteiger partial charge >= 0.3 is 0 Å². The number of carbonyl (C=O) groups is 1. The first kappa shape index (κ1) is 19.4. The normalized spacial score (nSPS) is 11.0. The summed E-state index contributed by atoms with van der Waals surface area (Å²) in [5.74, 6) is -0.148. The van der Waals surface area contributed by atoms with Gasteiger partial charge in [-0.3, -0.25) is 4.79 Å². The van der Waals surface area contributed by atoms with Crippen LogP contribution in [0.25, 0.3) is 0 Å². The van der Waals surface area contributed by atoms with E-state index in [-0.39, 0.29) is 22.3 Å². The topological polar surface area (TPSA) is 125 Å². The molecule has 0 unspecified atom stereocenters. The molecule has 2 rings (SSSR count). The standard InChI is InChI=1S/C18H20N4O3S/c1-12(2)18(23)22-15-5-3-13(4-6-15)11-21-17-8-7-16(26(20,24)25)9-14(17)10-19/h3-9,12,21H,11H2,1-2H3,(H,22,23)(H2,20,24,25). The molecule has 0 radical (unpaired) electrons. The Morgan fingerprint density at radius 3 is 2.38 bits per heavy atom. The third kappa shape index (κ3) is 5.05. The van der Waals surface area contributed by atoms with Crippen molar-refractivity contribution in [2.75, 3.05) is 10.6 Å². The zero-order valence-corrected chi connectivity index (χ0v) is 15.3. The maximum atomic E-state index is 11.7. The summed E-state index contributed by atoms with van der Waals surface area (Å²) < 4.78 is 22.7. The Balaban J connectivity index is 2.07. The lowest BCUT2D eigenvalue weighted by Crippen LogP contribution is -2.17. The van der Waals surface area contributed by atoms with Gasteiger partial charge in [0.25, 0.3) is 0 Å². The van der Waals surface area contributed by atoms with Gasteiger partial charge in [-0.1, -0.05) is 26.0 Å². The molecule has 0 atom stereocenters. The number of sulfonamides is 1. The Bertz CT molecular complexity index is 945. The molecule has 0 aromatic heterocycles. The lowest BCUT2D eigenvalue weighted by Gasteiger charge is -2.11. The molecular formula is C18H20N4O3S. The fraction of sp³-hybridized carbons (Fsp3) is 0.222. The van der Waals surface area contributed by atoms with Crippen molar-refractivity contribution >= 4 is 27.3 Å². The Labute approximate surface area is 152 Å².